The first-order valence-corrected chi connectivity index (χ1v) is 10.8. The first-order valence-electron chi connectivity index (χ1n) is 9.07. The molecule has 3 heterocycles. The standard InChI is InChI=1S/C18H23N3O4S/c22-17-15-4-2-1-3-13(15)5-8-20(17)9-7-19-18(23)21-11-14-6-10-26(24,25)16(14)12-21/h1-4,14,16H,5-12H2,(H,19,23)/t14-,16+/m0/s1. The SMILES string of the molecule is O=C(NCCN1CCc2ccccc2C1=O)N1C[C@@H]2CCS(=O)(=O)[C@@H]2C1. The third-order valence-electron chi connectivity index (χ3n) is 5.75. The summed E-state index contributed by atoms with van der Waals surface area (Å²) in [5.74, 6) is 0.324. The fraction of sp³-hybridized carbons (Fsp3) is 0.556. The van der Waals surface area contributed by atoms with Gasteiger partial charge in [-0.05, 0) is 30.4 Å². The average molecular weight is 377 g/mol. The minimum absolute atomic E-state index is 0.00268. The number of amides is 3. The molecule has 140 valence electrons. The lowest BCUT2D eigenvalue weighted by molar-refractivity contribution is 0.0741. The maximum Gasteiger partial charge on any atom is 0.317 e. The third-order valence-corrected chi connectivity index (χ3v) is 8.01. The highest BCUT2D eigenvalue weighted by Crippen LogP contribution is 2.33. The Labute approximate surface area is 153 Å². The van der Waals surface area contributed by atoms with E-state index in [2.05, 4.69) is 5.32 Å². The van der Waals surface area contributed by atoms with Crippen molar-refractivity contribution in [2.75, 3.05) is 38.5 Å². The van der Waals surface area contributed by atoms with Crippen LogP contribution >= 0.6 is 0 Å². The molecule has 3 aliphatic rings. The predicted octanol–water partition coefficient (Wildman–Crippen LogP) is 0.513. The van der Waals surface area contributed by atoms with Crippen molar-refractivity contribution in [3.05, 3.63) is 35.4 Å². The van der Waals surface area contributed by atoms with Crippen LogP contribution in [0, 0.1) is 5.92 Å². The Hall–Kier alpha value is -2.09. The predicted molar refractivity (Wildman–Crippen MR) is 96.7 cm³/mol. The number of likely N-dealkylation sites (tertiary alicyclic amines) is 1. The van der Waals surface area contributed by atoms with Crippen molar-refractivity contribution in [2.45, 2.75) is 18.1 Å². The van der Waals surface area contributed by atoms with Crippen LogP contribution in [-0.2, 0) is 16.3 Å². The van der Waals surface area contributed by atoms with Gasteiger partial charge in [0.05, 0.1) is 11.0 Å². The lowest BCUT2D eigenvalue weighted by atomic mass is 9.99. The molecule has 2 fully saturated rings. The zero-order chi connectivity index (χ0) is 18.3. The molecule has 0 unspecified atom stereocenters. The first kappa shape index (κ1) is 17.3. The second-order valence-electron chi connectivity index (χ2n) is 7.29. The minimum Gasteiger partial charge on any atom is -0.337 e. The van der Waals surface area contributed by atoms with E-state index in [1.807, 2.05) is 24.3 Å². The normalized spacial score (nSPS) is 26.5. The van der Waals surface area contributed by atoms with Gasteiger partial charge in [0, 0.05) is 38.3 Å². The number of urea groups is 1. The van der Waals surface area contributed by atoms with E-state index in [0.717, 1.165) is 17.5 Å². The van der Waals surface area contributed by atoms with Gasteiger partial charge in [-0.25, -0.2) is 13.2 Å². The van der Waals surface area contributed by atoms with Crippen molar-refractivity contribution in [3.8, 4) is 0 Å². The van der Waals surface area contributed by atoms with Gasteiger partial charge in [0.25, 0.3) is 5.91 Å². The number of carbonyl (C=O) groups is 2. The van der Waals surface area contributed by atoms with Gasteiger partial charge in [0.2, 0.25) is 0 Å². The Balaban J connectivity index is 1.28. The number of nitrogens with zero attached hydrogens (tertiary/aromatic N) is 2. The molecule has 3 aliphatic heterocycles. The van der Waals surface area contributed by atoms with E-state index in [1.54, 1.807) is 9.80 Å². The number of fused-ring (bicyclic) bond motifs is 2. The molecular weight excluding hydrogens is 354 g/mol. The van der Waals surface area contributed by atoms with E-state index in [1.165, 1.54) is 0 Å². The molecule has 1 aromatic rings. The van der Waals surface area contributed by atoms with Crippen LogP contribution in [0.5, 0.6) is 0 Å². The van der Waals surface area contributed by atoms with Gasteiger partial charge in [-0.2, -0.15) is 0 Å². The van der Waals surface area contributed by atoms with Crippen LogP contribution < -0.4 is 5.32 Å². The molecule has 0 saturated carbocycles. The number of rotatable bonds is 3. The maximum atomic E-state index is 12.5. The van der Waals surface area contributed by atoms with E-state index in [-0.39, 0.29) is 30.2 Å². The Morgan fingerprint density at radius 2 is 2.04 bits per heavy atom. The van der Waals surface area contributed by atoms with Gasteiger partial charge in [0.1, 0.15) is 0 Å². The van der Waals surface area contributed by atoms with Crippen LogP contribution in [-0.4, -0.2) is 73.9 Å². The summed E-state index contributed by atoms with van der Waals surface area (Å²) in [6, 6.07) is 7.38. The summed E-state index contributed by atoms with van der Waals surface area (Å²) in [5.41, 5.74) is 1.81. The molecule has 0 spiro atoms. The molecule has 0 aromatic heterocycles. The summed E-state index contributed by atoms with van der Waals surface area (Å²) in [6.07, 6.45) is 1.47. The number of carbonyl (C=O) groups excluding carboxylic acids is 2. The van der Waals surface area contributed by atoms with Crippen LogP contribution in [0.4, 0.5) is 4.79 Å². The molecule has 26 heavy (non-hydrogen) atoms. The lowest BCUT2D eigenvalue weighted by Crippen LogP contribution is -2.45. The van der Waals surface area contributed by atoms with Gasteiger partial charge < -0.3 is 15.1 Å². The number of nitrogens with one attached hydrogen (secondary N) is 1. The van der Waals surface area contributed by atoms with Gasteiger partial charge in [-0.15, -0.1) is 0 Å². The van der Waals surface area contributed by atoms with Crippen molar-refractivity contribution in [1.29, 1.82) is 0 Å². The van der Waals surface area contributed by atoms with Gasteiger partial charge in [-0.3, -0.25) is 4.79 Å². The highest BCUT2D eigenvalue weighted by atomic mass is 32.2. The summed E-state index contributed by atoms with van der Waals surface area (Å²) < 4.78 is 23.9. The van der Waals surface area contributed by atoms with Crippen molar-refractivity contribution >= 4 is 21.8 Å². The molecule has 0 bridgehead atoms. The molecule has 8 heteroatoms. The Bertz CT molecular complexity index is 839. The molecule has 1 aromatic carbocycles. The maximum absolute atomic E-state index is 12.5. The van der Waals surface area contributed by atoms with E-state index in [9.17, 15) is 18.0 Å². The highest BCUT2D eigenvalue weighted by molar-refractivity contribution is 7.92. The fourth-order valence-corrected chi connectivity index (χ4v) is 6.41. The molecule has 1 N–H and O–H groups in total. The Kier molecular flexibility index (Phi) is 4.38. The van der Waals surface area contributed by atoms with Gasteiger partial charge in [-0.1, -0.05) is 18.2 Å². The lowest BCUT2D eigenvalue weighted by Gasteiger charge is -2.29. The monoisotopic (exact) mass is 377 g/mol. The quantitative estimate of drug-likeness (QED) is 0.832. The van der Waals surface area contributed by atoms with Crippen molar-refractivity contribution in [3.63, 3.8) is 0 Å². The van der Waals surface area contributed by atoms with E-state index >= 15 is 0 Å². The second-order valence-corrected chi connectivity index (χ2v) is 9.63. The molecule has 2 saturated heterocycles. The molecule has 0 aliphatic carbocycles. The fourth-order valence-electron chi connectivity index (χ4n) is 4.26. The Morgan fingerprint density at radius 1 is 1.23 bits per heavy atom. The number of hydrogen-bond acceptors (Lipinski definition) is 4. The van der Waals surface area contributed by atoms with E-state index in [0.29, 0.717) is 32.6 Å². The van der Waals surface area contributed by atoms with Crippen LogP contribution in [0.2, 0.25) is 0 Å². The van der Waals surface area contributed by atoms with Crippen molar-refractivity contribution in [1.82, 2.24) is 15.1 Å². The van der Waals surface area contributed by atoms with Crippen LogP contribution in [0.1, 0.15) is 22.3 Å². The van der Waals surface area contributed by atoms with Crippen LogP contribution in [0.25, 0.3) is 0 Å². The molecule has 4 rings (SSSR count). The topological polar surface area (TPSA) is 86.8 Å². The number of sulfone groups is 1. The van der Waals surface area contributed by atoms with Gasteiger partial charge in [0.15, 0.2) is 9.84 Å². The minimum atomic E-state index is -3.04. The molecule has 2 atom stereocenters. The largest absolute Gasteiger partial charge is 0.337 e. The summed E-state index contributed by atoms with van der Waals surface area (Å²) in [6.45, 7) is 2.27. The van der Waals surface area contributed by atoms with E-state index < -0.39 is 15.1 Å². The summed E-state index contributed by atoms with van der Waals surface area (Å²) in [4.78, 5) is 28.2. The van der Waals surface area contributed by atoms with Crippen LogP contribution in [0.3, 0.4) is 0 Å². The van der Waals surface area contributed by atoms with Gasteiger partial charge >= 0.3 is 6.03 Å². The third kappa shape index (κ3) is 3.06. The summed E-state index contributed by atoms with van der Waals surface area (Å²) >= 11 is 0. The summed E-state index contributed by atoms with van der Waals surface area (Å²) in [5, 5.41) is 2.44. The highest BCUT2D eigenvalue weighted by Gasteiger charge is 2.47. The molecule has 0 radical (unpaired) electrons. The summed E-state index contributed by atoms with van der Waals surface area (Å²) in [7, 11) is -3.04. The molecular formula is C18H23N3O4S. The zero-order valence-corrected chi connectivity index (χ0v) is 15.4. The smallest absolute Gasteiger partial charge is 0.317 e. The Morgan fingerprint density at radius 3 is 2.85 bits per heavy atom. The van der Waals surface area contributed by atoms with E-state index in [4.69, 9.17) is 0 Å². The van der Waals surface area contributed by atoms with Crippen molar-refractivity contribution < 1.29 is 18.0 Å². The average Bonchev–Trinajstić information content (AvgIpc) is 3.18. The number of hydrogen-bond donors (Lipinski definition) is 1. The number of benzene rings is 1. The van der Waals surface area contributed by atoms with Crippen LogP contribution in [0.15, 0.2) is 24.3 Å². The molecule has 3 amide bonds. The zero-order valence-electron chi connectivity index (χ0n) is 14.6. The van der Waals surface area contributed by atoms with Crippen molar-refractivity contribution in [2.24, 2.45) is 5.92 Å². The second kappa shape index (κ2) is 6.57. The molecule has 7 nitrogen and oxygen atoms in total. The first-order chi connectivity index (χ1) is 12.5.